The van der Waals surface area contributed by atoms with Crippen molar-refractivity contribution in [2.24, 2.45) is 0 Å². The molecular weight excluding hydrogens is 404 g/mol. The van der Waals surface area contributed by atoms with Crippen LogP contribution in [-0.4, -0.2) is 67.0 Å². The molecule has 0 bridgehead atoms. The quantitative estimate of drug-likeness (QED) is 0.501. The number of thiophene rings is 1. The highest BCUT2D eigenvalue weighted by atomic mass is 32.1. The molecule has 3 rings (SSSR count). The highest BCUT2D eigenvalue weighted by Crippen LogP contribution is 2.19. The van der Waals surface area contributed by atoms with Gasteiger partial charge < -0.3 is 19.3 Å². The molecule has 7 nitrogen and oxygen atoms in total. The van der Waals surface area contributed by atoms with Gasteiger partial charge in [-0.3, -0.25) is 9.59 Å². The summed E-state index contributed by atoms with van der Waals surface area (Å²) in [6, 6.07) is 11.0. The Labute approximate surface area is 179 Å². The van der Waals surface area contributed by atoms with Gasteiger partial charge in [-0.15, -0.1) is 11.3 Å². The molecule has 0 radical (unpaired) electrons. The second kappa shape index (κ2) is 10.6. The number of nitrogens with zero attached hydrogens (tertiary/aromatic N) is 2. The fraction of sp³-hybridized carbons (Fsp3) is 0.318. The Bertz CT molecular complexity index is 902. The lowest BCUT2D eigenvalue weighted by molar-refractivity contribution is -0.148. The van der Waals surface area contributed by atoms with Gasteiger partial charge in [0.15, 0.2) is 6.61 Å². The number of hydrogen-bond donors (Lipinski definition) is 0. The Balaban J connectivity index is 1.43. The van der Waals surface area contributed by atoms with E-state index in [4.69, 9.17) is 9.47 Å². The third-order valence-electron chi connectivity index (χ3n) is 4.61. The molecule has 1 fully saturated rings. The standard InChI is InChI=1S/C22H24N2O5S/c1-2-28-18-7-4-3-6-17(18)9-10-21(26)29-16-20(25)23-11-13-24(14-12-23)22(27)19-8-5-15-30-19/h3-10,15H,2,11-14,16H2,1H3/b10-9+. The molecule has 0 saturated carbocycles. The van der Waals surface area contributed by atoms with Gasteiger partial charge in [0.2, 0.25) is 0 Å². The summed E-state index contributed by atoms with van der Waals surface area (Å²) in [6.45, 7) is 3.86. The van der Waals surface area contributed by atoms with E-state index in [1.54, 1.807) is 21.9 Å². The number of carbonyl (C=O) groups is 3. The van der Waals surface area contributed by atoms with Gasteiger partial charge in [-0.25, -0.2) is 4.79 Å². The number of piperazine rings is 1. The van der Waals surface area contributed by atoms with Gasteiger partial charge in [-0.2, -0.15) is 0 Å². The Hall–Kier alpha value is -3.13. The molecule has 1 aromatic carbocycles. The van der Waals surface area contributed by atoms with Crippen molar-refractivity contribution in [2.45, 2.75) is 6.92 Å². The molecule has 0 N–H and O–H groups in total. The van der Waals surface area contributed by atoms with E-state index in [-0.39, 0.29) is 18.4 Å². The highest BCUT2D eigenvalue weighted by Gasteiger charge is 2.25. The number of esters is 1. The van der Waals surface area contributed by atoms with Crippen LogP contribution < -0.4 is 4.74 Å². The molecule has 2 heterocycles. The van der Waals surface area contributed by atoms with Crippen LogP contribution in [0.25, 0.3) is 6.08 Å². The van der Waals surface area contributed by atoms with Crippen LogP contribution in [0, 0.1) is 0 Å². The van der Waals surface area contributed by atoms with Crippen molar-refractivity contribution < 1.29 is 23.9 Å². The Kier molecular flexibility index (Phi) is 7.62. The molecule has 0 atom stereocenters. The Morgan fingerprint density at radius 3 is 2.47 bits per heavy atom. The van der Waals surface area contributed by atoms with Gasteiger partial charge in [0, 0.05) is 37.8 Å². The Morgan fingerprint density at radius 2 is 1.77 bits per heavy atom. The van der Waals surface area contributed by atoms with Crippen LogP contribution in [0.1, 0.15) is 22.2 Å². The number of amides is 2. The van der Waals surface area contributed by atoms with Crippen LogP contribution in [-0.2, 0) is 14.3 Å². The van der Waals surface area contributed by atoms with E-state index in [1.807, 2.05) is 42.6 Å². The van der Waals surface area contributed by atoms with Crippen molar-refractivity contribution in [2.75, 3.05) is 39.4 Å². The highest BCUT2D eigenvalue weighted by molar-refractivity contribution is 7.12. The van der Waals surface area contributed by atoms with Gasteiger partial charge in [0.05, 0.1) is 11.5 Å². The normalized spacial score (nSPS) is 14.0. The van der Waals surface area contributed by atoms with Crippen LogP contribution >= 0.6 is 11.3 Å². The van der Waals surface area contributed by atoms with Crippen LogP contribution in [0.15, 0.2) is 47.9 Å². The molecule has 1 aliphatic rings. The predicted molar refractivity (Wildman–Crippen MR) is 114 cm³/mol. The summed E-state index contributed by atoms with van der Waals surface area (Å²) < 4.78 is 10.6. The van der Waals surface area contributed by atoms with Crippen LogP contribution in [0.3, 0.4) is 0 Å². The molecular formula is C22H24N2O5S. The lowest BCUT2D eigenvalue weighted by Gasteiger charge is -2.34. The van der Waals surface area contributed by atoms with E-state index >= 15 is 0 Å². The smallest absolute Gasteiger partial charge is 0.331 e. The minimum absolute atomic E-state index is 0.0130. The maximum Gasteiger partial charge on any atom is 0.331 e. The summed E-state index contributed by atoms with van der Waals surface area (Å²) in [6.07, 6.45) is 2.88. The predicted octanol–water partition coefficient (Wildman–Crippen LogP) is 2.69. The topological polar surface area (TPSA) is 76.2 Å². The number of ether oxygens (including phenoxy) is 2. The fourth-order valence-electron chi connectivity index (χ4n) is 3.05. The van der Waals surface area contributed by atoms with Crippen LogP contribution in [0.5, 0.6) is 5.75 Å². The molecule has 2 aromatic rings. The maximum atomic E-state index is 12.4. The molecule has 2 amide bonds. The van der Waals surface area contributed by atoms with Crippen molar-refractivity contribution in [3.8, 4) is 5.75 Å². The first-order valence-electron chi connectivity index (χ1n) is 9.75. The summed E-state index contributed by atoms with van der Waals surface area (Å²) in [5, 5.41) is 1.87. The van der Waals surface area contributed by atoms with Gasteiger partial charge in [0.1, 0.15) is 5.75 Å². The number of benzene rings is 1. The minimum Gasteiger partial charge on any atom is -0.493 e. The SMILES string of the molecule is CCOc1ccccc1/C=C/C(=O)OCC(=O)N1CCN(C(=O)c2cccs2)CC1. The van der Waals surface area contributed by atoms with E-state index in [9.17, 15) is 14.4 Å². The summed E-state index contributed by atoms with van der Waals surface area (Å²) in [7, 11) is 0. The second-order valence-electron chi connectivity index (χ2n) is 6.56. The molecule has 158 valence electrons. The first-order valence-corrected chi connectivity index (χ1v) is 10.6. The van der Waals surface area contributed by atoms with E-state index < -0.39 is 5.97 Å². The Morgan fingerprint density at radius 1 is 1.03 bits per heavy atom. The van der Waals surface area contributed by atoms with E-state index in [0.717, 1.165) is 5.56 Å². The van der Waals surface area contributed by atoms with Crippen molar-refractivity contribution in [1.29, 1.82) is 0 Å². The number of rotatable bonds is 7. The zero-order valence-corrected chi connectivity index (χ0v) is 17.6. The molecule has 8 heteroatoms. The van der Waals surface area contributed by atoms with E-state index in [1.165, 1.54) is 17.4 Å². The van der Waals surface area contributed by atoms with Crippen molar-refractivity contribution in [3.63, 3.8) is 0 Å². The largest absolute Gasteiger partial charge is 0.493 e. The molecule has 0 unspecified atom stereocenters. The third kappa shape index (κ3) is 5.70. The summed E-state index contributed by atoms with van der Waals surface area (Å²) in [4.78, 5) is 40.7. The summed E-state index contributed by atoms with van der Waals surface area (Å²) >= 11 is 1.41. The molecule has 1 aliphatic heterocycles. The zero-order chi connectivity index (χ0) is 21.3. The van der Waals surface area contributed by atoms with Crippen molar-refractivity contribution in [3.05, 3.63) is 58.3 Å². The van der Waals surface area contributed by atoms with Gasteiger partial charge in [0.25, 0.3) is 11.8 Å². The fourth-order valence-corrected chi connectivity index (χ4v) is 3.74. The number of carbonyl (C=O) groups excluding carboxylic acids is 3. The molecule has 1 aromatic heterocycles. The molecule has 0 aliphatic carbocycles. The first kappa shape index (κ1) is 21.6. The lowest BCUT2D eigenvalue weighted by Crippen LogP contribution is -2.51. The van der Waals surface area contributed by atoms with E-state index in [2.05, 4.69) is 0 Å². The lowest BCUT2D eigenvalue weighted by atomic mass is 10.2. The minimum atomic E-state index is -0.596. The second-order valence-corrected chi connectivity index (χ2v) is 7.51. The third-order valence-corrected chi connectivity index (χ3v) is 5.47. The van der Waals surface area contributed by atoms with Crippen molar-refractivity contribution in [1.82, 2.24) is 9.80 Å². The first-order chi connectivity index (χ1) is 14.6. The van der Waals surface area contributed by atoms with E-state index in [0.29, 0.717) is 43.4 Å². The molecule has 1 saturated heterocycles. The monoisotopic (exact) mass is 428 g/mol. The van der Waals surface area contributed by atoms with Gasteiger partial charge in [-0.05, 0) is 30.5 Å². The van der Waals surface area contributed by atoms with Crippen molar-refractivity contribution >= 4 is 35.2 Å². The number of hydrogen-bond acceptors (Lipinski definition) is 6. The van der Waals surface area contributed by atoms with Gasteiger partial charge >= 0.3 is 5.97 Å². The summed E-state index contributed by atoms with van der Waals surface area (Å²) in [5.74, 6) is -0.202. The summed E-state index contributed by atoms with van der Waals surface area (Å²) in [5.41, 5.74) is 0.758. The average Bonchev–Trinajstić information content (AvgIpc) is 3.31. The zero-order valence-electron chi connectivity index (χ0n) is 16.8. The van der Waals surface area contributed by atoms with Crippen LogP contribution in [0.2, 0.25) is 0 Å². The van der Waals surface area contributed by atoms with Gasteiger partial charge in [-0.1, -0.05) is 24.3 Å². The molecule has 30 heavy (non-hydrogen) atoms. The maximum absolute atomic E-state index is 12.4. The van der Waals surface area contributed by atoms with Crippen LogP contribution in [0.4, 0.5) is 0 Å². The molecule has 0 spiro atoms. The number of para-hydroxylation sites is 1. The average molecular weight is 429 g/mol.